The van der Waals surface area contributed by atoms with Gasteiger partial charge in [0.1, 0.15) is 17.1 Å². The number of para-hydroxylation sites is 1. The first-order valence-electron chi connectivity index (χ1n) is 9.54. The van der Waals surface area contributed by atoms with Crippen LogP contribution in [0.5, 0.6) is 5.75 Å². The molecule has 0 amide bonds. The Morgan fingerprint density at radius 2 is 2.24 bits per heavy atom. The Morgan fingerprint density at radius 1 is 1.38 bits per heavy atom. The molecule has 0 bridgehead atoms. The van der Waals surface area contributed by atoms with E-state index in [4.69, 9.17) is 26.6 Å². The lowest BCUT2D eigenvalue weighted by atomic mass is 10.2. The van der Waals surface area contributed by atoms with Crippen molar-refractivity contribution in [3.8, 4) is 5.75 Å². The smallest absolute Gasteiger partial charge is 0.223 e. The number of fused-ring (bicyclic) bond motifs is 3. The molecule has 1 aliphatic heterocycles. The predicted molar refractivity (Wildman–Crippen MR) is 112 cm³/mol. The van der Waals surface area contributed by atoms with Crippen molar-refractivity contribution in [3.05, 3.63) is 35.8 Å². The number of nitrogens with two attached hydrogens (primary N) is 2. The van der Waals surface area contributed by atoms with Crippen molar-refractivity contribution in [1.29, 1.82) is 5.41 Å². The van der Waals surface area contributed by atoms with Crippen LogP contribution in [-0.2, 0) is 6.42 Å². The maximum absolute atomic E-state index is 7.47. The van der Waals surface area contributed by atoms with Crippen LogP contribution in [0.4, 0.5) is 5.95 Å². The third kappa shape index (κ3) is 3.92. The lowest BCUT2D eigenvalue weighted by molar-refractivity contribution is 0.306. The minimum atomic E-state index is 0.0571. The van der Waals surface area contributed by atoms with Gasteiger partial charge < -0.3 is 21.5 Å². The van der Waals surface area contributed by atoms with Crippen molar-refractivity contribution < 1.29 is 4.74 Å². The molecule has 10 nitrogen and oxygen atoms in total. The fourth-order valence-corrected chi connectivity index (χ4v) is 3.60. The number of hydrogen-bond acceptors (Lipinski definition) is 8. The summed E-state index contributed by atoms with van der Waals surface area (Å²) in [5.41, 5.74) is 13.9. The SMILES string of the molecule is COc1cccc2c1nc(N)n1nc(CCN3CCCN/C(=C\C(=N)N)C3)nc21. The van der Waals surface area contributed by atoms with E-state index in [0.717, 1.165) is 43.7 Å². The monoisotopic (exact) mass is 395 g/mol. The molecule has 10 heteroatoms. The van der Waals surface area contributed by atoms with Gasteiger partial charge in [0.05, 0.1) is 7.11 Å². The van der Waals surface area contributed by atoms with Gasteiger partial charge in [0.15, 0.2) is 11.5 Å². The molecule has 6 N–H and O–H groups in total. The molecule has 4 rings (SSSR count). The highest BCUT2D eigenvalue weighted by molar-refractivity contribution is 5.95. The first kappa shape index (κ1) is 18.9. The van der Waals surface area contributed by atoms with Crippen LogP contribution in [0.2, 0.25) is 0 Å². The Bertz CT molecular complexity index is 1090. The van der Waals surface area contributed by atoms with Gasteiger partial charge in [-0.3, -0.25) is 10.3 Å². The number of nitrogen functional groups attached to an aromatic ring is 1. The van der Waals surface area contributed by atoms with Gasteiger partial charge in [-0.15, -0.1) is 5.10 Å². The van der Waals surface area contributed by atoms with Gasteiger partial charge in [-0.1, -0.05) is 6.07 Å². The van der Waals surface area contributed by atoms with Crippen molar-refractivity contribution in [1.82, 2.24) is 29.8 Å². The van der Waals surface area contributed by atoms with E-state index in [0.29, 0.717) is 29.2 Å². The number of rotatable bonds is 5. The zero-order valence-electron chi connectivity index (χ0n) is 16.4. The van der Waals surface area contributed by atoms with Crippen molar-refractivity contribution in [2.75, 3.05) is 39.0 Å². The third-order valence-electron chi connectivity index (χ3n) is 4.93. The summed E-state index contributed by atoms with van der Waals surface area (Å²) in [6, 6.07) is 5.69. The molecular formula is C19H25N9O. The molecule has 1 saturated heterocycles. The molecule has 152 valence electrons. The maximum Gasteiger partial charge on any atom is 0.223 e. The first-order valence-corrected chi connectivity index (χ1v) is 9.54. The zero-order valence-corrected chi connectivity index (χ0v) is 16.4. The van der Waals surface area contributed by atoms with Gasteiger partial charge in [0, 0.05) is 43.7 Å². The van der Waals surface area contributed by atoms with Crippen LogP contribution in [-0.4, -0.2) is 63.6 Å². The van der Waals surface area contributed by atoms with Crippen LogP contribution in [0, 0.1) is 5.41 Å². The number of methoxy groups -OCH3 is 1. The molecule has 1 aliphatic rings. The van der Waals surface area contributed by atoms with Crippen molar-refractivity contribution in [2.24, 2.45) is 5.73 Å². The fourth-order valence-electron chi connectivity index (χ4n) is 3.60. The van der Waals surface area contributed by atoms with Crippen molar-refractivity contribution >= 4 is 28.3 Å². The van der Waals surface area contributed by atoms with E-state index in [1.807, 2.05) is 18.2 Å². The van der Waals surface area contributed by atoms with Crippen LogP contribution in [0.15, 0.2) is 30.0 Å². The van der Waals surface area contributed by atoms with Gasteiger partial charge in [-0.2, -0.15) is 4.52 Å². The second kappa shape index (κ2) is 7.92. The van der Waals surface area contributed by atoms with Crippen molar-refractivity contribution in [3.63, 3.8) is 0 Å². The number of anilines is 1. The number of hydrogen-bond donors (Lipinski definition) is 4. The number of nitrogens with zero attached hydrogens (tertiary/aromatic N) is 5. The topological polar surface area (TPSA) is 143 Å². The van der Waals surface area contributed by atoms with E-state index in [1.54, 1.807) is 17.7 Å². The maximum atomic E-state index is 7.47. The van der Waals surface area contributed by atoms with E-state index in [9.17, 15) is 0 Å². The highest BCUT2D eigenvalue weighted by Gasteiger charge is 2.16. The van der Waals surface area contributed by atoms with Crippen molar-refractivity contribution in [2.45, 2.75) is 12.8 Å². The van der Waals surface area contributed by atoms with Gasteiger partial charge >= 0.3 is 0 Å². The number of benzene rings is 1. The van der Waals surface area contributed by atoms with E-state index < -0.39 is 0 Å². The zero-order chi connectivity index (χ0) is 20.4. The average Bonchev–Trinajstić information content (AvgIpc) is 3.01. The summed E-state index contributed by atoms with van der Waals surface area (Å²) >= 11 is 0. The average molecular weight is 395 g/mol. The second-order valence-electron chi connectivity index (χ2n) is 7.02. The van der Waals surface area contributed by atoms with E-state index in [-0.39, 0.29) is 11.8 Å². The summed E-state index contributed by atoms with van der Waals surface area (Å²) < 4.78 is 6.98. The molecule has 1 aromatic carbocycles. The molecule has 0 radical (unpaired) electrons. The first-order chi connectivity index (χ1) is 14.0. The Balaban J connectivity index is 1.58. The normalized spacial score (nSPS) is 16.8. The van der Waals surface area contributed by atoms with Crippen LogP contribution in [0.1, 0.15) is 12.2 Å². The molecule has 0 saturated carbocycles. The summed E-state index contributed by atoms with van der Waals surface area (Å²) in [4.78, 5) is 11.5. The minimum Gasteiger partial charge on any atom is -0.494 e. The fraction of sp³-hybridized carbons (Fsp3) is 0.368. The quantitative estimate of drug-likeness (QED) is 0.362. The third-order valence-corrected chi connectivity index (χ3v) is 4.93. The number of amidine groups is 1. The Morgan fingerprint density at radius 3 is 3.03 bits per heavy atom. The summed E-state index contributed by atoms with van der Waals surface area (Å²) in [6.07, 6.45) is 3.38. The molecule has 0 aliphatic carbocycles. The lowest BCUT2D eigenvalue weighted by Crippen LogP contribution is -2.30. The molecule has 0 atom stereocenters. The summed E-state index contributed by atoms with van der Waals surface area (Å²) in [7, 11) is 1.61. The standard InChI is InChI=1S/C19H25N9O/c1-29-14-5-2-4-13-17(14)25-19(22)28-18(13)24-16(26-28)6-9-27-8-3-7-23-12(11-27)10-15(20)21/h2,4-5,10,23H,3,6-9,11H2,1H3,(H3,20,21)(H2,22,25)/b12-10-. The van der Waals surface area contributed by atoms with Crippen LogP contribution in [0.25, 0.3) is 16.6 Å². The number of nitrogens with one attached hydrogen (secondary N) is 2. The largest absolute Gasteiger partial charge is 0.494 e. The van der Waals surface area contributed by atoms with Gasteiger partial charge in [0.2, 0.25) is 5.95 Å². The lowest BCUT2D eigenvalue weighted by Gasteiger charge is -2.19. The molecule has 0 spiro atoms. The number of ether oxygens (including phenoxy) is 1. The van der Waals surface area contributed by atoms with E-state index in [2.05, 4.69) is 20.3 Å². The molecule has 2 aromatic heterocycles. The van der Waals surface area contributed by atoms with Crippen LogP contribution in [0.3, 0.4) is 0 Å². The molecular weight excluding hydrogens is 370 g/mol. The number of aromatic nitrogens is 4. The Hall–Kier alpha value is -3.40. The molecule has 3 heterocycles. The van der Waals surface area contributed by atoms with Crippen LogP contribution < -0.4 is 21.5 Å². The minimum absolute atomic E-state index is 0.0571. The molecule has 0 unspecified atom stereocenters. The van der Waals surface area contributed by atoms with E-state index >= 15 is 0 Å². The predicted octanol–water partition coefficient (Wildman–Crippen LogP) is 0.526. The Labute approximate surface area is 168 Å². The summed E-state index contributed by atoms with van der Waals surface area (Å²) in [5, 5.41) is 16.2. The summed E-state index contributed by atoms with van der Waals surface area (Å²) in [6.45, 7) is 3.34. The van der Waals surface area contributed by atoms with Gasteiger partial charge in [-0.05, 0) is 24.6 Å². The summed E-state index contributed by atoms with van der Waals surface area (Å²) in [5.74, 6) is 1.70. The van der Waals surface area contributed by atoms with E-state index in [1.165, 1.54) is 0 Å². The highest BCUT2D eigenvalue weighted by atomic mass is 16.5. The second-order valence-corrected chi connectivity index (χ2v) is 7.02. The Kier molecular flexibility index (Phi) is 5.17. The van der Waals surface area contributed by atoms with Gasteiger partial charge in [-0.25, -0.2) is 9.97 Å². The van der Waals surface area contributed by atoms with Gasteiger partial charge in [0.25, 0.3) is 0 Å². The molecule has 29 heavy (non-hydrogen) atoms. The highest BCUT2D eigenvalue weighted by Crippen LogP contribution is 2.27. The van der Waals surface area contributed by atoms with Crippen LogP contribution >= 0.6 is 0 Å². The molecule has 3 aromatic rings. The molecule has 1 fully saturated rings.